The highest BCUT2D eigenvalue weighted by atomic mass is 16.3. The van der Waals surface area contributed by atoms with Crippen LogP contribution in [0.25, 0.3) is 0 Å². The van der Waals surface area contributed by atoms with Gasteiger partial charge in [0.1, 0.15) is 0 Å². The Balaban J connectivity index is 1.83. The Morgan fingerprint density at radius 2 is 2.50 bits per heavy atom. The third-order valence-corrected chi connectivity index (χ3v) is 3.51. The first-order chi connectivity index (χ1) is 8.81. The number of aliphatic hydroxyl groups is 1. The monoisotopic (exact) mass is 252 g/mol. The van der Waals surface area contributed by atoms with Gasteiger partial charge in [0.2, 0.25) is 0 Å². The molecule has 0 amide bonds. The van der Waals surface area contributed by atoms with Gasteiger partial charge in [0.05, 0.1) is 19.3 Å². The molecule has 1 aliphatic heterocycles. The second-order valence-corrected chi connectivity index (χ2v) is 4.96. The molecule has 1 atom stereocenters. The number of aliphatic hydroxyl groups excluding tert-OH is 1. The Labute approximate surface area is 109 Å². The number of rotatable bonds is 7. The summed E-state index contributed by atoms with van der Waals surface area (Å²) in [6, 6.07) is 0.650. The van der Waals surface area contributed by atoms with Gasteiger partial charge in [-0.15, -0.1) is 0 Å². The van der Waals surface area contributed by atoms with Gasteiger partial charge in [-0.3, -0.25) is 9.58 Å². The number of nitrogens with zero attached hydrogens (tertiary/aromatic N) is 3. The fourth-order valence-corrected chi connectivity index (χ4v) is 2.50. The van der Waals surface area contributed by atoms with Crippen LogP contribution < -0.4 is 5.32 Å². The molecule has 1 aromatic rings. The van der Waals surface area contributed by atoms with Crippen molar-refractivity contribution in [3.8, 4) is 0 Å². The van der Waals surface area contributed by atoms with Crippen molar-refractivity contribution in [1.82, 2.24) is 20.0 Å². The van der Waals surface area contributed by atoms with Gasteiger partial charge >= 0.3 is 0 Å². The van der Waals surface area contributed by atoms with E-state index in [2.05, 4.69) is 22.2 Å². The minimum atomic E-state index is 0.143. The van der Waals surface area contributed by atoms with E-state index in [4.69, 9.17) is 5.11 Å². The van der Waals surface area contributed by atoms with Crippen molar-refractivity contribution in [2.45, 2.75) is 38.9 Å². The van der Waals surface area contributed by atoms with E-state index in [0.29, 0.717) is 12.6 Å². The zero-order valence-corrected chi connectivity index (χ0v) is 11.2. The lowest BCUT2D eigenvalue weighted by atomic mass is 10.2. The van der Waals surface area contributed by atoms with Crippen LogP contribution in [0, 0.1) is 0 Å². The summed E-state index contributed by atoms with van der Waals surface area (Å²) in [5.41, 5.74) is 1.23. The topological polar surface area (TPSA) is 53.3 Å². The number of likely N-dealkylation sites (N-methyl/N-ethyl adjacent to an activating group) is 1. The maximum absolute atomic E-state index is 8.87. The molecule has 2 heterocycles. The standard InChI is InChI=1S/C13H24N4O/c1-2-16(11-13-4-3-5-14-13)9-12-8-15-17(10-12)6-7-18/h8,10,13-14,18H,2-7,9,11H2,1H3. The summed E-state index contributed by atoms with van der Waals surface area (Å²) in [4.78, 5) is 2.45. The quantitative estimate of drug-likeness (QED) is 0.740. The highest BCUT2D eigenvalue weighted by Crippen LogP contribution is 2.10. The van der Waals surface area contributed by atoms with Gasteiger partial charge in [0.25, 0.3) is 0 Å². The third-order valence-electron chi connectivity index (χ3n) is 3.51. The molecule has 1 saturated heterocycles. The molecular weight excluding hydrogens is 228 g/mol. The van der Waals surface area contributed by atoms with Crippen LogP contribution in [-0.2, 0) is 13.1 Å². The lowest BCUT2D eigenvalue weighted by molar-refractivity contribution is 0.253. The smallest absolute Gasteiger partial charge is 0.0640 e. The summed E-state index contributed by atoms with van der Waals surface area (Å²) in [5.74, 6) is 0. The summed E-state index contributed by atoms with van der Waals surface area (Å²) in [7, 11) is 0. The van der Waals surface area contributed by atoms with E-state index < -0.39 is 0 Å². The van der Waals surface area contributed by atoms with Crippen LogP contribution in [0.4, 0.5) is 0 Å². The molecule has 5 nitrogen and oxygen atoms in total. The molecule has 1 aromatic heterocycles. The van der Waals surface area contributed by atoms with E-state index in [1.54, 1.807) is 4.68 Å². The first-order valence-electron chi connectivity index (χ1n) is 6.89. The maximum Gasteiger partial charge on any atom is 0.0640 e. The average Bonchev–Trinajstić information content (AvgIpc) is 3.01. The molecule has 0 spiro atoms. The molecule has 5 heteroatoms. The predicted octanol–water partition coefficient (Wildman–Crippen LogP) is 0.449. The van der Waals surface area contributed by atoms with Crippen LogP contribution in [0.3, 0.4) is 0 Å². The summed E-state index contributed by atoms with van der Waals surface area (Å²) < 4.78 is 1.80. The second-order valence-electron chi connectivity index (χ2n) is 4.96. The fraction of sp³-hybridized carbons (Fsp3) is 0.769. The van der Waals surface area contributed by atoms with Crippen LogP contribution in [0.15, 0.2) is 12.4 Å². The highest BCUT2D eigenvalue weighted by Gasteiger charge is 2.17. The summed E-state index contributed by atoms with van der Waals surface area (Å²) in [6.07, 6.45) is 6.53. The van der Waals surface area contributed by atoms with Gasteiger partial charge in [0, 0.05) is 30.9 Å². The van der Waals surface area contributed by atoms with Gasteiger partial charge < -0.3 is 10.4 Å². The zero-order valence-electron chi connectivity index (χ0n) is 11.2. The van der Waals surface area contributed by atoms with Gasteiger partial charge in [-0.05, 0) is 25.9 Å². The number of hydrogen-bond donors (Lipinski definition) is 2. The van der Waals surface area contributed by atoms with E-state index in [0.717, 1.165) is 26.2 Å². The first-order valence-corrected chi connectivity index (χ1v) is 6.89. The fourth-order valence-electron chi connectivity index (χ4n) is 2.50. The molecule has 1 unspecified atom stereocenters. The lowest BCUT2D eigenvalue weighted by Crippen LogP contribution is -2.37. The number of aromatic nitrogens is 2. The minimum Gasteiger partial charge on any atom is -0.394 e. The van der Waals surface area contributed by atoms with E-state index in [-0.39, 0.29) is 6.61 Å². The van der Waals surface area contributed by atoms with Crippen molar-refractivity contribution in [3.63, 3.8) is 0 Å². The molecular formula is C13H24N4O. The molecule has 0 bridgehead atoms. The molecule has 0 saturated carbocycles. The molecule has 0 aromatic carbocycles. The van der Waals surface area contributed by atoms with Crippen LogP contribution >= 0.6 is 0 Å². The summed E-state index contributed by atoms with van der Waals surface area (Å²) in [5, 5.41) is 16.6. The van der Waals surface area contributed by atoms with Gasteiger partial charge in [-0.2, -0.15) is 5.10 Å². The molecule has 2 N–H and O–H groups in total. The molecule has 18 heavy (non-hydrogen) atoms. The van der Waals surface area contributed by atoms with Crippen molar-refractivity contribution in [2.75, 3.05) is 26.2 Å². The molecule has 2 rings (SSSR count). The molecule has 0 aliphatic carbocycles. The van der Waals surface area contributed by atoms with Crippen LogP contribution in [0.5, 0.6) is 0 Å². The van der Waals surface area contributed by atoms with Gasteiger partial charge in [0.15, 0.2) is 0 Å². The molecule has 1 fully saturated rings. The molecule has 0 radical (unpaired) electrons. The maximum atomic E-state index is 8.87. The molecule has 1 aliphatic rings. The van der Waals surface area contributed by atoms with Gasteiger partial charge in [-0.1, -0.05) is 6.92 Å². The minimum absolute atomic E-state index is 0.143. The highest BCUT2D eigenvalue weighted by molar-refractivity contribution is 5.03. The van der Waals surface area contributed by atoms with Crippen LogP contribution in [-0.4, -0.2) is 52.1 Å². The second kappa shape index (κ2) is 6.87. The number of hydrogen-bond acceptors (Lipinski definition) is 4. The van der Waals surface area contributed by atoms with E-state index in [1.165, 1.54) is 18.4 Å². The van der Waals surface area contributed by atoms with Crippen molar-refractivity contribution in [3.05, 3.63) is 18.0 Å². The van der Waals surface area contributed by atoms with Crippen molar-refractivity contribution < 1.29 is 5.11 Å². The summed E-state index contributed by atoms with van der Waals surface area (Å²) in [6.45, 7) is 7.20. The van der Waals surface area contributed by atoms with Crippen molar-refractivity contribution in [1.29, 1.82) is 0 Å². The van der Waals surface area contributed by atoms with E-state index >= 15 is 0 Å². The largest absolute Gasteiger partial charge is 0.394 e. The Bertz CT molecular complexity index is 347. The van der Waals surface area contributed by atoms with Crippen molar-refractivity contribution >= 4 is 0 Å². The normalized spacial score (nSPS) is 19.8. The van der Waals surface area contributed by atoms with Crippen LogP contribution in [0.2, 0.25) is 0 Å². The Morgan fingerprint density at radius 3 is 3.17 bits per heavy atom. The average molecular weight is 252 g/mol. The van der Waals surface area contributed by atoms with Crippen LogP contribution in [0.1, 0.15) is 25.3 Å². The summed E-state index contributed by atoms with van der Waals surface area (Å²) >= 11 is 0. The Kier molecular flexibility index (Phi) is 5.16. The Hall–Kier alpha value is -0.910. The Morgan fingerprint density at radius 1 is 1.61 bits per heavy atom. The van der Waals surface area contributed by atoms with E-state index in [9.17, 15) is 0 Å². The van der Waals surface area contributed by atoms with Crippen molar-refractivity contribution in [2.24, 2.45) is 0 Å². The SMILES string of the molecule is CCN(Cc1cnn(CCO)c1)CC1CCCN1. The number of nitrogens with one attached hydrogen (secondary N) is 1. The zero-order chi connectivity index (χ0) is 12.8. The first kappa shape index (κ1) is 13.5. The predicted molar refractivity (Wildman–Crippen MR) is 71.3 cm³/mol. The van der Waals surface area contributed by atoms with E-state index in [1.807, 2.05) is 12.4 Å². The molecule has 102 valence electrons. The third kappa shape index (κ3) is 3.80. The van der Waals surface area contributed by atoms with Gasteiger partial charge in [-0.25, -0.2) is 0 Å². The lowest BCUT2D eigenvalue weighted by Gasteiger charge is -2.23.